The molecule has 4 nitrogen and oxygen atoms in total. The van der Waals surface area contributed by atoms with Crippen molar-refractivity contribution in [2.45, 2.75) is 13.5 Å². The minimum atomic E-state index is -0.473. The van der Waals surface area contributed by atoms with Crippen molar-refractivity contribution < 1.29 is 18.7 Å². The van der Waals surface area contributed by atoms with Crippen LogP contribution in [0.3, 0.4) is 0 Å². The van der Waals surface area contributed by atoms with Gasteiger partial charge >= 0.3 is 0 Å². The largest absolute Gasteiger partial charge is 0.493 e. The van der Waals surface area contributed by atoms with Crippen LogP contribution in [0.4, 0.5) is 4.39 Å². The van der Waals surface area contributed by atoms with Crippen LogP contribution in [0.1, 0.15) is 22.8 Å². The summed E-state index contributed by atoms with van der Waals surface area (Å²) in [4.78, 5) is 14.3. The van der Waals surface area contributed by atoms with Gasteiger partial charge in [0, 0.05) is 13.1 Å². The van der Waals surface area contributed by atoms with Crippen LogP contribution in [-0.2, 0) is 6.54 Å². The first-order chi connectivity index (χ1) is 11.5. The lowest BCUT2D eigenvalue weighted by Gasteiger charge is -2.22. The fourth-order valence-corrected chi connectivity index (χ4v) is 2.61. The van der Waals surface area contributed by atoms with E-state index in [4.69, 9.17) is 21.1 Å². The van der Waals surface area contributed by atoms with E-state index >= 15 is 0 Å². The Morgan fingerprint density at radius 3 is 2.42 bits per heavy atom. The number of carbonyl (C=O) groups excluding carboxylic acids is 1. The maximum atomic E-state index is 13.2. The van der Waals surface area contributed by atoms with Crippen LogP contribution >= 0.6 is 11.6 Å². The highest BCUT2D eigenvalue weighted by Gasteiger charge is 2.18. The van der Waals surface area contributed by atoms with Crippen LogP contribution in [0.5, 0.6) is 11.5 Å². The summed E-state index contributed by atoms with van der Waals surface area (Å²) in [5, 5.41) is 0.103. The molecule has 0 radical (unpaired) electrons. The predicted octanol–water partition coefficient (Wildman–Crippen LogP) is 4.16. The molecule has 0 N–H and O–H groups in total. The number of methoxy groups -OCH3 is 2. The minimum absolute atomic E-state index is 0.103. The third-order valence-corrected chi connectivity index (χ3v) is 3.96. The van der Waals surface area contributed by atoms with E-state index in [1.807, 2.05) is 19.1 Å². The molecule has 128 valence electrons. The molecule has 0 saturated heterocycles. The number of ether oxygens (including phenoxy) is 2. The summed E-state index contributed by atoms with van der Waals surface area (Å²) in [5.41, 5.74) is 1.17. The van der Waals surface area contributed by atoms with Gasteiger partial charge in [0.1, 0.15) is 5.82 Å². The van der Waals surface area contributed by atoms with E-state index < -0.39 is 5.82 Å². The molecule has 2 aromatic rings. The Kier molecular flexibility index (Phi) is 6.04. The van der Waals surface area contributed by atoms with Gasteiger partial charge in [-0.2, -0.15) is 0 Å². The third-order valence-electron chi connectivity index (χ3n) is 3.65. The Morgan fingerprint density at radius 1 is 1.12 bits per heavy atom. The monoisotopic (exact) mass is 351 g/mol. The van der Waals surface area contributed by atoms with Crippen molar-refractivity contribution >= 4 is 17.5 Å². The summed E-state index contributed by atoms with van der Waals surface area (Å²) in [6.45, 7) is 2.74. The van der Waals surface area contributed by atoms with E-state index in [1.165, 1.54) is 12.1 Å². The average Bonchev–Trinajstić information content (AvgIpc) is 2.58. The van der Waals surface area contributed by atoms with Crippen molar-refractivity contribution in [3.05, 3.63) is 58.4 Å². The zero-order valence-electron chi connectivity index (χ0n) is 13.8. The molecule has 2 rings (SSSR count). The quantitative estimate of drug-likeness (QED) is 0.784. The highest BCUT2D eigenvalue weighted by molar-refractivity contribution is 6.33. The van der Waals surface area contributed by atoms with E-state index in [9.17, 15) is 9.18 Å². The topological polar surface area (TPSA) is 38.8 Å². The van der Waals surface area contributed by atoms with Gasteiger partial charge in [0.25, 0.3) is 5.91 Å². The summed E-state index contributed by atoms with van der Waals surface area (Å²) < 4.78 is 23.6. The standard InChI is InChI=1S/C18H19ClFNO3/c1-4-21(18(22)14-7-6-13(20)10-15(14)19)11-12-5-8-16(23-2)17(9-12)24-3/h5-10H,4,11H2,1-3H3. The summed E-state index contributed by atoms with van der Waals surface area (Å²) in [6, 6.07) is 9.24. The number of nitrogens with zero attached hydrogens (tertiary/aromatic N) is 1. The van der Waals surface area contributed by atoms with Gasteiger partial charge in [0.15, 0.2) is 11.5 Å². The van der Waals surface area contributed by atoms with E-state index in [0.29, 0.717) is 24.6 Å². The first kappa shape index (κ1) is 18.1. The second kappa shape index (κ2) is 8.02. The molecule has 0 saturated carbocycles. The van der Waals surface area contributed by atoms with Crippen molar-refractivity contribution in [3.63, 3.8) is 0 Å². The zero-order chi connectivity index (χ0) is 17.7. The Balaban J connectivity index is 2.24. The summed E-state index contributed by atoms with van der Waals surface area (Å²) in [5.74, 6) is 0.493. The molecule has 0 aliphatic rings. The fraction of sp³-hybridized carbons (Fsp3) is 0.278. The SMILES string of the molecule is CCN(Cc1ccc(OC)c(OC)c1)C(=O)c1ccc(F)cc1Cl. The molecule has 2 aromatic carbocycles. The highest BCUT2D eigenvalue weighted by Crippen LogP contribution is 2.28. The van der Waals surface area contributed by atoms with Gasteiger partial charge in [0.2, 0.25) is 0 Å². The zero-order valence-corrected chi connectivity index (χ0v) is 14.6. The lowest BCUT2D eigenvalue weighted by atomic mass is 10.1. The molecule has 0 bridgehead atoms. The summed E-state index contributed by atoms with van der Waals surface area (Å²) in [7, 11) is 3.12. The molecule has 0 atom stereocenters. The van der Waals surface area contributed by atoms with Crippen LogP contribution in [-0.4, -0.2) is 31.6 Å². The molecule has 0 aliphatic heterocycles. The molecular weight excluding hydrogens is 333 g/mol. The second-order valence-electron chi connectivity index (χ2n) is 5.13. The van der Waals surface area contributed by atoms with E-state index in [2.05, 4.69) is 0 Å². The van der Waals surface area contributed by atoms with Crippen molar-refractivity contribution in [3.8, 4) is 11.5 Å². The molecule has 0 unspecified atom stereocenters. The molecule has 1 amide bonds. The van der Waals surface area contributed by atoms with E-state index in [1.54, 1.807) is 25.2 Å². The molecule has 0 spiro atoms. The fourth-order valence-electron chi connectivity index (χ4n) is 2.36. The van der Waals surface area contributed by atoms with Gasteiger partial charge in [-0.15, -0.1) is 0 Å². The van der Waals surface area contributed by atoms with Crippen molar-refractivity contribution in [2.75, 3.05) is 20.8 Å². The number of carbonyl (C=O) groups is 1. The maximum Gasteiger partial charge on any atom is 0.255 e. The van der Waals surface area contributed by atoms with Crippen LogP contribution in [0.2, 0.25) is 5.02 Å². The van der Waals surface area contributed by atoms with E-state index in [-0.39, 0.29) is 16.5 Å². The van der Waals surface area contributed by atoms with Gasteiger partial charge < -0.3 is 14.4 Å². The summed E-state index contributed by atoms with van der Waals surface area (Å²) >= 11 is 5.99. The third kappa shape index (κ3) is 3.97. The number of benzene rings is 2. The Hall–Kier alpha value is -2.27. The highest BCUT2D eigenvalue weighted by atomic mass is 35.5. The van der Waals surface area contributed by atoms with Crippen molar-refractivity contribution in [1.82, 2.24) is 4.90 Å². The Bertz CT molecular complexity index is 736. The molecule has 0 aromatic heterocycles. The van der Waals surface area contributed by atoms with Gasteiger partial charge in [0.05, 0.1) is 24.8 Å². The van der Waals surface area contributed by atoms with Crippen LogP contribution in [0, 0.1) is 5.82 Å². The van der Waals surface area contributed by atoms with Gasteiger partial charge in [-0.05, 0) is 42.8 Å². The predicted molar refractivity (Wildman–Crippen MR) is 91.4 cm³/mol. The smallest absolute Gasteiger partial charge is 0.255 e. The minimum Gasteiger partial charge on any atom is -0.493 e. The molecular formula is C18H19ClFNO3. The first-order valence-corrected chi connectivity index (χ1v) is 7.83. The van der Waals surface area contributed by atoms with Gasteiger partial charge in [-0.1, -0.05) is 17.7 Å². The number of hydrogen-bond donors (Lipinski definition) is 0. The van der Waals surface area contributed by atoms with Crippen molar-refractivity contribution in [1.29, 1.82) is 0 Å². The Morgan fingerprint density at radius 2 is 1.83 bits per heavy atom. The average molecular weight is 352 g/mol. The number of amides is 1. The Labute approximate surface area is 145 Å². The molecule has 0 heterocycles. The summed E-state index contributed by atoms with van der Waals surface area (Å²) in [6.07, 6.45) is 0. The lowest BCUT2D eigenvalue weighted by Crippen LogP contribution is -2.30. The normalized spacial score (nSPS) is 10.4. The first-order valence-electron chi connectivity index (χ1n) is 7.45. The van der Waals surface area contributed by atoms with Gasteiger partial charge in [-0.3, -0.25) is 4.79 Å². The van der Waals surface area contributed by atoms with Crippen molar-refractivity contribution in [2.24, 2.45) is 0 Å². The molecule has 24 heavy (non-hydrogen) atoms. The molecule has 6 heteroatoms. The number of hydrogen-bond acceptors (Lipinski definition) is 3. The van der Waals surface area contributed by atoms with Crippen LogP contribution in [0.15, 0.2) is 36.4 Å². The number of halogens is 2. The lowest BCUT2D eigenvalue weighted by molar-refractivity contribution is 0.0752. The van der Waals surface area contributed by atoms with E-state index in [0.717, 1.165) is 11.6 Å². The van der Waals surface area contributed by atoms with Gasteiger partial charge in [-0.25, -0.2) is 4.39 Å². The molecule has 0 fully saturated rings. The van der Waals surface area contributed by atoms with Crippen LogP contribution in [0.25, 0.3) is 0 Å². The maximum absolute atomic E-state index is 13.2. The second-order valence-corrected chi connectivity index (χ2v) is 5.54. The molecule has 0 aliphatic carbocycles. The number of rotatable bonds is 6. The van der Waals surface area contributed by atoms with Crippen LogP contribution < -0.4 is 9.47 Å².